The minimum absolute atomic E-state index is 0.133. The monoisotopic (exact) mass is 340 g/mol. The molecule has 4 rings (SSSR count). The molecule has 0 unspecified atom stereocenters. The second-order valence-electron chi connectivity index (χ2n) is 6.01. The van der Waals surface area contributed by atoms with Crippen LogP contribution in [0.2, 0.25) is 0 Å². The lowest BCUT2D eigenvalue weighted by Gasteiger charge is -2.11. The number of fused-ring (bicyclic) bond motifs is 1. The second-order valence-corrected chi connectivity index (χ2v) is 6.01. The minimum atomic E-state index is -0.133. The third kappa shape index (κ3) is 2.65. The summed E-state index contributed by atoms with van der Waals surface area (Å²) in [6.45, 7) is 0. The van der Waals surface area contributed by atoms with Crippen LogP contribution < -0.4 is 11.1 Å². The topological polar surface area (TPSA) is 91.9 Å². The lowest BCUT2D eigenvalue weighted by atomic mass is 9.95. The van der Waals surface area contributed by atoms with Crippen molar-refractivity contribution in [2.24, 2.45) is 0 Å². The molecule has 5 nitrogen and oxygen atoms in total. The van der Waals surface area contributed by atoms with E-state index < -0.39 is 0 Å². The standard InChI is InChI=1S/C21H16N4O/c22-12-18-16(14-5-7-24-8-6-14)9-13(11-19(18)23)10-17-15-3-1-2-4-20(15)25-21(17)26/h1-12,22H,23H2,(H,25,26)/b17-10+,22-12?. The normalized spacial score (nSPS) is 14.2. The fourth-order valence-corrected chi connectivity index (χ4v) is 3.16. The number of nitrogen functional groups attached to an aromatic ring is 1. The summed E-state index contributed by atoms with van der Waals surface area (Å²) in [6.07, 6.45) is 6.48. The summed E-state index contributed by atoms with van der Waals surface area (Å²) in [5.41, 5.74) is 12.2. The van der Waals surface area contributed by atoms with Gasteiger partial charge in [-0.3, -0.25) is 9.78 Å². The highest BCUT2D eigenvalue weighted by atomic mass is 16.2. The van der Waals surface area contributed by atoms with Gasteiger partial charge < -0.3 is 16.5 Å². The molecule has 3 aromatic rings. The molecular weight excluding hydrogens is 324 g/mol. The Labute approximate surface area is 150 Å². The molecule has 0 aliphatic carbocycles. The Bertz CT molecular complexity index is 1050. The number of para-hydroxylation sites is 1. The van der Waals surface area contributed by atoms with Crippen LogP contribution in [0.3, 0.4) is 0 Å². The number of aromatic nitrogens is 1. The van der Waals surface area contributed by atoms with Gasteiger partial charge in [-0.05, 0) is 53.1 Å². The van der Waals surface area contributed by atoms with E-state index in [1.807, 2.05) is 48.5 Å². The van der Waals surface area contributed by atoms with Gasteiger partial charge in [0.25, 0.3) is 5.91 Å². The number of nitrogens with one attached hydrogen (secondary N) is 2. The van der Waals surface area contributed by atoms with Crippen molar-refractivity contribution in [3.05, 3.63) is 77.6 Å². The number of hydrogen-bond acceptors (Lipinski definition) is 4. The van der Waals surface area contributed by atoms with Crippen molar-refractivity contribution in [1.82, 2.24) is 4.98 Å². The summed E-state index contributed by atoms with van der Waals surface area (Å²) in [5.74, 6) is -0.133. The fourth-order valence-electron chi connectivity index (χ4n) is 3.16. The SMILES string of the molecule is N=Cc1c(N)cc(/C=C2/C(=O)Nc3ccccc32)cc1-c1ccncc1. The molecule has 0 saturated carbocycles. The highest BCUT2D eigenvalue weighted by molar-refractivity contribution is 6.35. The molecule has 0 fully saturated rings. The van der Waals surface area contributed by atoms with E-state index in [1.54, 1.807) is 18.5 Å². The smallest absolute Gasteiger partial charge is 0.256 e. The molecule has 1 aliphatic heterocycles. The number of nitrogens with two attached hydrogens (primary N) is 1. The summed E-state index contributed by atoms with van der Waals surface area (Å²) in [6, 6.07) is 15.1. The van der Waals surface area contributed by atoms with Crippen molar-refractivity contribution in [2.45, 2.75) is 0 Å². The maximum absolute atomic E-state index is 12.3. The van der Waals surface area contributed by atoms with Gasteiger partial charge in [-0.1, -0.05) is 18.2 Å². The first-order valence-corrected chi connectivity index (χ1v) is 8.14. The second kappa shape index (κ2) is 6.29. The molecule has 26 heavy (non-hydrogen) atoms. The molecule has 0 spiro atoms. The Balaban J connectivity index is 1.88. The van der Waals surface area contributed by atoms with Gasteiger partial charge in [0.15, 0.2) is 0 Å². The number of nitrogens with zero attached hydrogens (tertiary/aromatic N) is 1. The zero-order valence-electron chi connectivity index (χ0n) is 13.9. The van der Waals surface area contributed by atoms with Gasteiger partial charge >= 0.3 is 0 Å². The molecule has 2 aromatic carbocycles. The van der Waals surface area contributed by atoms with Crippen LogP contribution in [0.1, 0.15) is 16.7 Å². The molecule has 1 amide bonds. The Morgan fingerprint density at radius 2 is 1.81 bits per heavy atom. The summed E-state index contributed by atoms with van der Waals surface area (Å²) < 4.78 is 0. The average Bonchev–Trinajstić information content (AvgIpc) is 2.97. The summed E-state index contributed by atoms with van der Waals surface area (Å²) in [5, 5.41) is 10.6. The van der Waals surface area contributed by atoms with Crippen molar-refractivity contribution in [1.29, 1.82) is 5.41 Å². The number of carbonyl (C=O) groups is 1. The maximum Gasteiger partial charge on any atom is 0.256 e. The molecule has 0 atom stereocenters. The van der Waals surface area contributed by atoms with Crippen molar-refractivity contribution >= 4 is 35.1 Å². The third-order valence-electron chi connectivity index (χ3n) is 4.39. The highest BCUT2D eigenvalue weighted by Crippen LogP contribution is 2.34. The van der Waals surface area contributed by atoms with Crippen LogP contribution in [-0.4, -0.2) is 17.1 Å². The zero-order chi connectivity index (χ0) is 18.1. The molecule has 1 aromatic heterocycles. The van der Waals surface area contributed by atoms with Gasteiger partial charge in [0, 0.05) is 46.7 Å². The van der Waals surface area contributed by atoms with Crippen molar-refractivity contribution in [3.63, 3.8) is 0 Å². The molecule has 126 valence electrons. The van der Waals surface area contributed by atoms with Crippen LogP contribution in [0.15, 0.2) is 60.9 Å². The van der Waals surface area contributed by atoms with Crippen LogP contribution in [0.25, 0.3) is 22.8 Å². The van der Waals surface area contributed by atoms with Crippen molar-refractivity contribution in [3.8, 4) is 11.1 Å². The molecule has 0 bridgehead atoms. The highest BCUT2D eigenvalue weighted by Gasteiger charge is 2.23. The van der Waals surface area contributed by atoms with E-state index in [-0.39, 0.29) is 5.91 Å². The van der Waals surface area contributed by atoms with Gasteiger partial charge in [-0.2, -0.15) is 0 Å². The first-order valence-electron chi connectivity index (χ1n) is 8.14. The van der Waals surface area contributed by atoms with Crippen LogP contribution in [-0.2, 0) is 4.79 Å². The molecule has 1 aliphatic rings. The molecule has 5 heteroatoms. The zero-order valence-corrected chi connectivity index (χ0v) is 13.9. The maximum atomic E-state index is 12.3. The van der Waals surface area contributed by atoms with E-state index in [2.05, 4.69) is 10.3 Å². The Hall–Kier alpha value is -3.73. The number of hydrogen-bond donors (Lipinski definition) is 3. The number of carbonyl (C=O) groups excluding carboxylic acids is 1. The van der Waals surface area contributed by atoms with Gasteiger partial charge in [0.05, 0.1) is 0 Å². The number of benzene rings is 2. The molecule has 0 saturated heterocycles. The quantitative estimate of drug-likeness (QED) is 0.384. The van der Waals surface area contributed by atoms with Crippen LogP contribution in [0, 0.1) is 5.41 Å². The summed E-state index contributed by atoms with van der Waals surface area (Å²) in [4.78, 5) is 16.4. The lowest BCUT2D eigenvalue weighted by molar-refractivity contribution is -0.110. The first-order chi connectivity index (χ1) is 12.7. The van der Waals surface area contributed by atoms with E-state index in [4.69, 9.17) is 11.1 Å². The van der Waals surface area contributed by atoms with E-state index in [0.717, 1.165) is 27.9 Å². The van der Waals surface area contributed by atoms with Crippen LogP contribution in [0.5, 0.6) is 0 Å². The van der Waals surface area contributed by atoms with Crippen LogP contribution >= 0.6 is 0 Å². The number of amides is 1. The average molecular weight is 340 g/mol. The third-order valence-corrected chi connectivity index (χ3v) is 4.39. The van der Waals surface area contributed by atoms with E-state index >= 15 is 0 Å². The van der Waals surface area contributed by atoms with Gasteiger partial charge in [-0.15, -0.1) is 0 Å². The van der Waals surface area contributed by atoms with Crippen LogP contribution in [0.4, 0.5) is 11.4 Å². The largest absolute Gasteiger partial charge is 0.398 e. The molecule has 0 radical (unpaired) electrons. The number of rotatable bonds is 3. The minimum Gasteiger partial charge on any atom is -0.398 e. The van der Waals surface area contributed by atoms with Crippen molar-refractivity contribution in [2.75, 3.05) is 11.1 Å². The van der Waals surface area contributed by atoms with E-state index in [0.29, 0.717) is 16.8 Å². The Morgan fingerprint density at radius 1 is 1.04 bits per heavy atom. The number of pyridine rings is 1. The lowest BCUT2D eigenvalue weighted by Crippen LogP contribution is -2.04. The van der Waals surface area contributed by atoms with Crippen molar-refractivity contribution < 1.29 is 4.79 Å². The number of anilines is 2. The van der Waals surface area contributed by atoms with E-state index in [9.17, 15) is 4.79 Å². The predicted molar refractivity (Wildman–Crippen MR) is 105 cm³/mol. The van der Waals surface area contributed by atoms with Gasteiger partial charge in [0.1, 0.15) is 0 Å². The van der Waals surface area contributed by atoms with Gasteiger partial charge in [-0.25, -0.2) is 0 Å². The molecule has 4 N–H and O–H groups in total. The first kappa shape index (κ1) is 15.8. The molecule has 2 heterocycles. The Kier molecular flexibility index (Phi) is 3.82. The van der Waals surface area contributed by atoms with Gasteiger partial charge in [0.2, 0.25) is 0 Å². The fraction of sp³-hybridized carbons (Fsp3) is 0. The predicted octanol–water partition coefficient (Wildman–Crippen LogP) is 3.82. The summed E-state index contributed by atoms with van der Waals surface area (Å²) in [7, 11) is 0. The van der Waals surface area contributed by atoms with E-state index in [1.165, 1.54) is 6.21 Å². The Morgan fingerprint density at radius 3 is 2.58 bits per heavy atom. The molecular formula is C21H16N4O. The summed E-state index contributed by atoms with van der Waals surface area (Å²) >= 11 is 0.